The van der Waals surface area contributed by atoms with Gasteiger partial charge in [0, 0.05) is 16.6 Å². The molecule has 0 spiro atoms. The van der Waals surface area contributed by atoms with Crippen LogP contribution in [0.15, 0.2) is 29.8 Å². The molecule has 0 aliphatic heterocycles. The molecule has 1 aromatic rings. The second-order valence-corrected chi connectivity index (χ2v) is 6.21. The minimum atomic E-state index is 0.0775. The number of rotatable bonds is 4. The highest BCUT2D eigenvalue weighted by molar-refractivity contribution is 6.30. The lowest BCUT2D eigenvalue weighted by Gasteiger charge is -2.23. The molecule has 114 valence electrons. The number of carbonyl (C=O) groups is 1. The van der Waals surface area contributed by atoms with Crippen molar-refractivity contribution in [2.45, 2.75) is 58.4 Å². The summed E-state index contributed by atoms with van der Waals surface area (Å²) in [5, 5.41) is 3.91. The Balaban J connectivity index is 2.13. The molecule has 1 N–H and O–H groups in total. The van der Waals surface area contributed by atoms with Gasteiger partial charge in [0.05, 0.1) is 0 Å². The molecule has 2 nitrogen and oxygen atoms in total. The summed E-state index contributed by atoms with van der Waals surface area (Å²) in [4.78, 5) is 12.5. The van der Waals surface area contributed by atoms with Gasteiger partial charge in [0.2, 0.25) is 5.91 Å². The van der Waals surface area contributed by atoms with Gasteiger partial charge in [-0.15, -0.1) is 0 Å². The normalized spacial score (nSPS) is 17.3. The van der Waals surface area contributed by atoms with E-state index < -0.39 is 0 Å². The second-order valence-electron chi connectivity index (χ2n) is 5.77. The average molecular weight is 306 g/mol. The average Bonchev–Trinajstić information content (AvgIpc) is 2.50. The fourth-order valence-corrected chi connectivity index (χ4v) is 3.14. The zero-order chi connectivity index (χ0) is 15.2. The summed E-state index contributed by atoms with van der Waals surface area (Å²) in [6.07, 6.45) is 6.82. The third kappa shape index (κ3) is 4.34. The second kappa shape index (κ2) is 7.65. The minimum Gasteiger partial charge on any atom is -0.350 e. The Bertz CT molecular complexity index is 513. The quantitative estimate of drug-likeness (QED) is 0.782. The van der Waals surface area contributed by atoms with Crippen LogP contribution in [0.5, 0.6) is 0 Å². The Labute approximate surface area is 132 Å². The number of nitrogens with one attached hydrogen (secondary N) is 1. The highest BCUT2D eigenvalue weighted by atomic mass is 35.5. The van der Waals surface area contributed by atoms with Crippen LogP contribution >= 0.6 is 11.6 Å². The van der Waals surface area contributed by atoms with Gasteiger partial charge in [-0.1, -0.05) is 49.9 Å². The van der Waals surface area contributed by atoms with Crippen LogP contribution < -0.4 is 5.32 Å². The van der Waals surface area contributed by atoms with Crippen molar-refractivity contribution in [1.82, 2.24) is 5.32 Å². The Hall–Kier alpha value is -1.28. The SMILES string of the molecule is CCC(=C(C)C(=O)NC1CCCCC1)c1ccc(Cl)cc1. The third-order valence-electron chi connectivity index (χ3n) is 4.28. The maximum absolute atomic E-state index is 12.5. The van der Waals surface area contributed by atoms with Crippen LogP contribution in [0.4, 0.5) is 0 Å². The smallest absolute Gasteiger partial charge is 0.247 e. The number of benzene rings is 1. The molecular weight excluding hydrogens is 282 g/mol. The van der Waals surface area contributed by atoms with Crippen LogP contribution in [0, 0.1) is 0 Å². The fourth-order valence-electron chi connectivity index (χ4n) is 3.01. The number of carbonyl (C=O) groups excluding carboxylic acids is 1. The number of allylic oxidation sites excluding steroid dienone is 1. The first kappa shape index (κ1) is 16.1. The first-order chi connectivity index (χ1) is 10.1. The van der Waals surface area contributed by atoms with E-state index in [1.54, 1.807) is 0 Å². The van der Waals surface area contributed by atoms with E-state index in [1.807, 2.05) is 31.2 Å². The highest BCUT2D eigenvalue weighted by Crippen LogP contribution is 2.24. The van der Waals surface area contributed by atoms with E-state index in [2.05, 4.69) is 12.2 Å². The van der Waals surface area contributed by atoms with E-state index in [0.717, 1.165) is 41.0 Å². The topological polar surface area (TPSA) is 29.1 Å². The highest BCUT2D eigenvalue weighted by Gasteiger charge is 2.18. The minimum absolute atomic E-state index is 0.0775. The lowest BCUT2D eigenvalue weighted by atomic mass is 9.94. The van der Waals surface area contributed by atoms with E-state index in [4.69, 9.17) is 11.6 Å². The van der Waals surface area contributed by atoms with Crippen molar-refractivity contribution in [3.05, 3.63) is 40.4 Å². The molecule has 0 heterocycles. The molecule has 1 fully saturated rings. The summed E-state index contributed by atoms with van der Waals surface area (Å²) in [6, 6.07) is 8.07. The van der Waals surface area contributed by atoms with Crippen LogP contribution in [0.2, 0.25) is 5.02 Å². The molecule has 21 heavy (non-hydrogen) atoms. The van der Waals surface area contributed by atoms with Crippen LogP contribution in [-0.4, -0.2) is 11.9 Å². The number of halogens is 1. The van der Waals surface area contributed by atoms with Crippen LogP contribution in [0.25, 0.3) is 5.57 Å². The molecule has 1 saturated carbocycles. The predicted octanol–water partition coefficient (Wildman–Crippen LogP) is 4.97. The monoisotopic (exact) mass is 305 g/mol. The summed E-state index contributed by atoms with van der Waals surface area (Å²) in [6.45, 7) is 4.01. The molecule has 3 heteroatoms. The largest absolute Gasteiger partial charge is 0.350 e. The van der Waals surface area contributed by atoms with Crippen molar-refractivity contribution in [1.29, 1.82) is 0 Å². The first-order valence-electron chi connectivity index (χ1n) is 7.88. The summed E-state index contributed by atoms with van der Waals surface area (Å²) in [7, 11) is 0. The van der Waals surface area contributed by atoms with E-state index in [9.17, 15) is 4.79 Å². The third-order valence-corrected chi connectivity index (χ3v) is 4.53. The Morgan fingerprint density at radius 1 is 1.19 bits per heavy atom. The maximum atomic E-state index is 12.5. The molecule has 0 radical (unpaired) electrons. The summed E-state index contributed by atoms with van der Waals surface area (Å²) < 4.78 is 0. The molecule has 0 aromatic heterocycles. The van der Waals surface area contributed by atoms with Gasteiger partial charge in [-0.2, -0.15) is 0 Å². The summed E-state index contributed by atoms with van der Waals surface area (Å²) in [5.74, 6) is 0.0775. The Kier molecular flexibility index (Phi) is 5.86. The Morgan fingerprint density at radius 3 is 2.38 bits per heavy atom. The van der Waals surface area contributed by atoms with Crippen LogP contribution in [0.1, 0.15) is 57.9 Å². The van der Waals surface area contributed by atoms with Gasteiger partial charge in [0.25, 0.3) is 0 Å². The van der Waals surface area contributed by atoms with Crippen molar-refractivity contribution in [3.63, 3.8) is 0 Å². The molecule has 1 aliphatic rings. The molecule has 1 amide bonds. The lowest BCUT2D eigenvalue weighted by molar-refractivity contribution is -0.118. The maximum Gasteiger partial charge on any atom is 0.247 e. The molecule has 0 atom stereocenters. The fraction of sp³-hybridized carbons (Fsp3) is 0.500. The zero-order valence-electron chi connectivity index (χ0n) is 12.9. The van der Waals surface area contributed by atoms with Crippen molar-refractivity contribution >= 4 is 23.1 Å². The van der Waals surface area contributed by atoms with E-state index >= 15 is 0 Å². The van der Waals surface area contributed by atoms with Gasteiger partial charge < -0.3 is 5.32 Å². The van der Waals surface area contributed by atoms with Gasteiger partial charge in [0.1, 0.15) is 0 Å². The van der Waals surface area contributed by atoms with E-state index in [1.165, 1.54) is 19.3 Å². The van der Waals surface area contributed by atoms with Gasteiger partial charge >= 0.3 is 0 Å². The molecular formula is C18H24ClNO. The number of hydrogen-bond acceptors (Lipinski definition) is 1. The molecule has 0 bridgehead atoms. The van der Waals surface area contributed by atoms with Crippen molar-refractivity contribution in [2.24, 2.45) is 0 Å². The van der Waals surface area contributed by atoms with Crippen LogP contribution in [0.3, 0.4) is 0 Å². The molecule has 0 unspecified atom stereocenters. The van der Waals surface area contributed by atoms with Crippen molar-refractivity contribution in [3.8, 4) is 0 Å². The lowest BCUT2D eigenvalue weighted by Crippen LogP contribution is -2.36. The standard InChI is InChI=1S/C18H24ClNO/c1-3-17(14-9-11-15(19)12-10-14)13(2)18(21)20-16-7-5-4-6-8-16/h9-12,16H,3-8H2,1-2H3,(H,20,21). The summed E-state index contributed by atoms with van der Waals surface area (Å²) in [5.41, 5.74) is 3.00. The van der Waals surface area contributed by atoms with Crippen molar-refractivity contribution < 1.29 is 4.79 Å². The van der Waals surface area contributed by atoms with Gasteiger partial charge in [-0.3, -0.25) is 4.79 Å². The summed E-state index contributed by atoms with van der Waals surface area (Å²) >= 11 is 5.94. The van der Waals surface area contributed by atoms with Crippen LogP contribution in [-0.2, 0) is 4.79 Å². The molecule has 0 saturated heterocycles. The Morgan fingerprint density at radius 2 is 1.81 bits per heavy atom. The van der Waals surface area contributed by atoms with Gasteiger partial charge in [-0.05, 0) is 49.5 Å². The van der Waals surface area contributed by atoms with E-state index in [-0.39, 0.29) is 5.91 Å². The first-order valence-corrected chi connectivity index (χ1v) is 8.26. The van der Waals surface area contributed by atoms with Crippen molar-refractivity contribution in [2.75, 3.05) is 0 Å². The predicted molar refractivity (Wildman–Crippen MR) is 89.4 cm³/mol. The number of hydrogen-bond donors (Lipinski definition) is 1. The number of amides is 1. The van der Waals surface area contributed by atoms with E-state index in [0.29, 0.717) is 6.04 Å². The molecule has 2 rings (SSSR count). The molecule has 1 aliphatic carbocycles. The molecule has 1 aromatic carbocycles. The van der Waals surface area contributed by atoms with Gasteiger partial charge in [-0.25, -0.2) is 0 Å². The zero-order valence-corrected chi connectivity index (χ0v) is 13.7. The van der Waals surface area contributed by atoms with Gasteiger partial charge in [0.15, 0.2) is 0 Å².